The van der Waals surface area contributed by atoms with Crippen molar-refractivity contribution in [3.63, 3.8) is 0 Å². The number of rotatable bonds is 5. The van der Waals surface area contributed by atoms with E-state index in [0.29, 0.717) is 10.9 Å². The maximum Gasteiger partial charge on any atom is 0.0621 e. The van der Waals surface area contributed by atoms with Crippen LogP contribution in [0.3, 0.4) is 0 Å². The molecule has 2 rings (SSSR count). The molecule has 1 atom stereocenters. The van der Waals surface area contributed by atoms with Gasteiger partial charge < -0.3 is 0 Å². The molecule has 0 radical (unpaired) electrons. The molecule has 0 bridgehead atoms. The number of benzene rings is 1. The van der Waals surface area contributed by atoms with E-state index in [1.807, 2.05) is 12.1 Å². The summed E-state index contributed by atoms with van der Waals surface area (Å²) in [5.41, 5.74) is 2.29. The molecular weight excluding hydrogens is 277 g/mol. The summed E-state index contributed by atoms with van der Waals surface area (Å²) in [7, 11) is 0. The van der Waals surface area contributed by atoms with Crippen LogP contribution in [0.5, 0.6) is 0 Å². The zero-order chi connectivity index (χ0) is 13.7. The molecule has 0 N–H and O–H groups in total. The molecule has 100 valence electrons. The summed E-state index contributed by atoms with van der Waals surface area (Å²) in [6.07, 6.45) is 5.27. The van der Waals surface area contributed by atoms with Crippen molar-refractivity contribution in [3.8, 4) is 0 Å². The van der Waals surface area contributed by atoms with E-state index in [4.69, 9.17) is 23.2 Å². The van der Waals surface area contributed by atoms with E-state index in [0.717, 1.165) is 18.4 Å². The van der Waals surface area contributed by atoms with Crippen molar-refractivity contribution in [1.29, 1.82) is 0 Å². The monoisotopic (exact) mass is 293 g/mol. The third-order valence-corrected chi connectivity index (χ3v) is 4.56. The number of nitrogens with zero attached hydrogens (tertiary/aromatic N) is 1. The van der Waals surface area contributed by atoms with Gasteiger partial charge in [0.15, 0.2) is 0 Å². The van der Waals surface area contributed by atoms with Crippen LogP contribution in [-0.2, 0) is 11.8 Å². The smallest absolute Gasteiger partial charge is 0.0621 e. The highest BCUT2D eigenvalue weighted by Crippen LogP contribution is 2.34. The molecule has 1 aromatic heterocycles. The topological polar surface area (TPSA) is 12.9 Å². The summed E-state index contributed by atoms with van der Waals surface area (Å²) in [5, 5.41) is 0.710. The van der Waals surface area contributed by atoms with Gasteiger partial charge in [-0.3, -0.25) is 4.98 Å². The van der Waals surface area contributed by atoms with Gasteiger partial charge in [-0.15, -0.1) is 11.6 Å². The Morgan fingerprint density at radius 3 is 2.47 bits per heavy atom. The van der Waals surface area contributed by atoms with E-state index in [1.165, 1.54) is 5.56 Å². The third-order valence-electron chi connectivity index (χ3n) is 3.70. The number of aromatic nitrogens is 1. The SMILES string of the molecule is CCC(CCl)(Cc1ccncc1Cl)c1ccccc1. The van der Waals surface area contributed by atoms with Gasteiger partial charge in [-0.25, -0.2) is 0 Å². The lowest BCUT2D eigenvalue weighted by Crippen LogP contribution is -2.30. The summed E-state index contributed by atoms with van der Waals surface area (Å²) in [5.74, 6) is 0.576. The second-order valence-electron chi connectivity index (χ2n) is 4.78. The van der Waals surface area contributed by atoms with Crippen molar-refractivity contribution in [2.45, 2.75) is 25.2 Å². The van der Waals surface area contributed by atoms with Crippen molar-refractivity contribution in [2.24, 2.45) is 0 Å². The number of hydrogen-bond acceptors (Lipinski definition) is 1. The molecule has 0 saturated heterocycles. The summed E-state index contributed by atoms with van der Waals surface area (Å²) in [6.45, 7) is 2.17. The van der Waals surface area contributed by atoms with E-state index in [-0.39, 0.29) is 5.41 Å². The van der Waals surface area contributed by atoms with E-state index in [1.54, 1.807) is 12.4 Å². The van der Waals surface area contributed by atoms with Gasteiger partial charge in [0.2, 0.25) is 0 Å². The number of hydrogen-bond donors (Lipinski definition) is 0. The molecule has 0 saturated carbocycles. The molecule has 1 aromatic carbocycles. The van der Waals surface area contributed by atoms with Gasteiger partial charge in [0.1, 0.15) is 0 Å². The highest BCUT2D eigenvalue weighted by Gasteiger charge is 2.30. The maximum absolute atomic E-state index is 6.30. The predicted octanol–water partition coefficient (Wildman–Crippen LogP) is 4.86. The average Bonchev–Trinajstić information content (AvgIpc) is 2.48. The molecule has 0 aliphatic heterocycles. The van der Waals surface area contributed by atoms with Crippen LogP contribution in [0.15, 0.2) is 48.8 Å². The summed E-state index contributed by atoms with van der Waals surface area (Å²) >= 11 is 12.5. The van der Waals surface area contributed by atoms with Crippen molar-refractivity contribution in [1.82, 2.24) is 4.98 Å². The quantitative estimate of drug-likeness (QED) is 0.717. The number of pyridine rings is 1. The first-order valence-electron chi connectivity index (χ1n) is 6.42. The van der Waals surface area contributed by atoms with E-state index in [9.17, 15) is 0 Å². The van der Waals surface area contributed by atoms with Crippen molar-refractivity contribution in [2.75, 3.05) is 5.88 Å². The van der Waals surface area contributed by atoms with E-state index >= 15 is 0 Å². The van der Waals surface area contributed by atoms with Crippen LogP contribution >= 0.6 is 23.2 Å². The Kier molecular flexibility index (Phi) is 4.84. The largest absolute Gasteiger partial charge is 0.263 e. The molecule has 1 nitrogen and oxygen atoms in total. The van der Waals surface area contributed by atoms with Crippen LogP contribution in [0.25, 0.3) is 0 Å². The van der Waals surface area contributed by atoms with E-state index in [2.05, 4.69) is 36.2 Å². The fraction of sp³-hybridized carbons (Fsp3) is 0.312. The van der Waals surface area contributed by atoms with Gasteiger partial charge in [-0.2, -0.15) is 0 Å². The lowest BCUT2D eigenvalue weighted by molar-refractivity contribution is 0.458. The summed E-state index contributed by atoms with van der Waals surface area (Å²) < 4.78 is 0. The molecular formula is C16H17Cl2N. The molecule has 0 amide bonds. The normalized spacial score (nSPS) is 14.1. The first kappa shape index (κ1) is 14.4. The molecule has 0 spiro atoms. The molecule has 1 heterocycles. The molecule has 0 aliphatic carbocycles. The van der Waals surface area contributed by atoms with Crippen LogP contribution in [0, 0.1) is 0 Å². The number of alkyl halides is 1. The number of halogens is 2. The Hall–Kier alpha value is -1.05. The van der Waals surface area contributed by atoms with Crippen LogP contribution in [0.1, 0.15) is 24.5 Å². The molecule has 1 unspecified atom stereocenters. The van der Waals surface area contributed by atoms with Gasteiger partial charge >= 0.3 is 0 Å². The molecule has 3 heteroatoms. The Morgan fingerprint density at radius 2 is 1.89 bits per heavy atom. The first-order chi connectivity index (χ1) is 9.22. The summed E-state index contributed by atoms with van der Waals surface area (Å²) in [6, 6.07) is 12.4. The standard InChI is InChI=1S/C16H17Cl2N/c1-2-16(12-17,14-6-4-3-5-7-14)10-13-8-9-19-11-15(13)18/h3-9,11H,2,10,12H2,1H3. The minimum atomic E-state index is -0.0756. The van der Waals surface area contributed by atoms with Gasteiger partial charge in [0.25, 0.3) is 0 Å². The maximum atomic E-state index is 6.30. The molecule has 19 heavy (non-hydrogen) atoms. The zero-order valence-electron chi connectivity index (χ0n) is 10.9. The van der Waals surface area contributed by atoms with Gasteiger partial charge in [-0.1, -0.05) is 48.9 Å². The third kappa shape index (κ3) is 3.10. The molecule has 0 fully saturated rings. The van der Waals surface area contributed by atoms with E-state index < -0.39 is 0 Å². The Balaban J connectivity index is 2.38. The van der Waals surface area contributed by atoms with Crippen LogP contribution in [0.4, 0.5) is 0 Å². The van der Waals surface area contributed by atoms with Crippen LogP contribution < -0.4 is 0 Å². The van der Waals surface area contributed by atoms with Crippen LogP contribution in [-0.4, -0.2) is 10.9 Å². The fourth-order valence-corrected chi connectivity index (χ4v) is 2.98. The van der Waals surface area contributed by atoms with Crippen molar-refractivity contribution in [3.05, 3.63) is 64.9 Å². The van der Waals surface area contributed by atoms with Crippen molar-refractivity contribution < 1.29 is 0 Å². The summed E-state index contributed by atoms with van der Waals surface area (Å²) in [4.78, 5) is 4.03. The zero-order valence-corrected chi connectivity index (χ0v) is 12.5. The first-order valence-corrected chi connectivity index (χ1v) is 7.33. The minimum absolute atomic E-state index is 0.0756. The van der Waals surface area contributed by atoms with Gasteiger partial charge in [-0.05, 0) is 30.0 Å². The molecule has 2 aromatic rings. The lowest BCUT2D eigenvalue weighted by Gasteiger charge is -2.31. The predicted molar refractivity (Wildman–Crippen MR) is 82.1 cm³/mol. The van der Waals surface area contributed by atoms with Gasteiger partial charge in [0.05, 0.1) is 5.02 Å². The fourth-order valence-electron chi connectivity index (χ4n) is 2.35. The minimum Gasteiger partial charge on any atom is -0.263 e. The average molecular weight is 294 g/mol. The Morgan fingerprint density at radius 1 is 1.16 bits per heavy atom. The second kappa shape index (κ2) is 6.40. The second-order valence-corrected chi connectivity index (χ2v) is 5.45. The Bertz CT molecular complexity index is 521. The highest BCUT2D eigenvalue weighted by molar-refractivity contribution is 6.31. The van der Waals surface area contributed by atoms with Crippen molar-refractivity contribution >= 4 is 23.2 Å². The highest BCUT2D eigenvalue weighted by atomic mass is 35.5. The Labute approximate surface area is 124 Å². The lowest BCUT2D eigenvalue weighted by atomic mass is 9.75. The van der Waals surface area contributed by atoms with Crippen LogP contribution in [0.2, 0.25) is 5.02 Å². The molecule has 0 aliphatic rings. The van der Waals surface area contributed by atoms with Gasteiger partial charge in [0, 0.05) is 23.7 Å².